The van der Waals surface area contributed by atoms with Crippen LogP contribution in [0.3, 0.4) is 0 Å². The van der Waals surface area contributed by atoms with E-state index >= 15 is 0 Å². The molecule has 2 fully saturated rings. The molecular weight excluding hydrogens is 495 g/mol. The fourth-order valence-corrected chi connectivity index (χ4v) is 5.70. The lowest BCUT2D eigenvalue weighted by molar-refractivity contribution is 0.0966. The maximum absolute atomic E-state index is 13.7. The molecule has 0 spiro atoms. The van der Waals surface area contributed by atoms with Crippen molar-refractivity contribution >= 4 is 23.0 Å². The number of likely N-dealkylation sites (tertiary alicyclic amines) is 1. The Morgan fingerprint density at radius 1 is 1.33 bits per heavy atom. The zero-order valence-electron chi connectivity index (χ0n) is 22.2. The molecule has 0 unspecified atom stereocenters. The van der Waals surface area contributed by atoms with Crippen molar-refractivity contribution in [3.05, 3.63) is 77.7 Å². The third kappa shape index (κ3) is 4.99. The lowest BCUT2D eigenvalue weighted by Gasteiger charge is -2.21. The molecular formula is C30H33FN6O2. The highest BCUT2D eigenvalue weighted by atomic mass is 19.1. The molecule has 0 radical (unpaired) electrons. The fraction of sp³-hybridized carbons (Fsp3) is 0.367. The number of carbonyl (C=O) groups excluding carboxylic acids is 1. The minimum atomic E-state index is -0.340. The maximum Gasteiger partial charge on any atom is 0.254 e. The van der Waals surface area contributed by atoms with Crippen LogP contribution in [0, 0.1) is 11.7 Å². The number of halogens is 1. The molecule has 3 aliphatic heterocycles. The summed E-state index contributed by atoms with van der Waals surface area (Å²) in [6, 6.07) is 6.68. The summed E-state index contributed by atoms with van der Waals surface area (Å²) in [5, 5.41) is 6.39. The molecule has 9 heteroatoms. The smallest absolute Gasteiger partial charge is 0.254 e. The van der Waals surface area contributed by atoms with E-state index in [4.69, 9.17) is 9.73 Å². The molecule has 3 aromatic rings. The van der Waals surface area contributed by atoms with E-state index in [0.717, 1.165) is 60.8 Å². The molecule has 1 amide bonds. The predicted octanol–water partition coefficient (Wildman–Crippen LogP) is 4.79. The van der Waals surface area contributed by atoms with Crippen molar-refractivity contribution < 1.29 is 13.9 Å². The third-order valence-corrected chi connectivity index (χ3v) is 7.87. The number of nitrogens with zero attached hydrogens (tertiary/aromatic N) is 4. The van der Waals surface area contributed by atoms with E-state index in [2.05, 4.69) is 27.1 Å². The summed E-state index contributed by atoms with van der Waals surface area (Å²) in [4.78, 5) is 24.9. The van der Waals surface area contributed by atoms with Gasteiger partial charge in [-0.1, -0.05) is 12.6 Å². The largest absolute Gasteiger partial charge is 0.381 e. The standard InChI is InChI=1S/C30H33FN6O2/c1-3-27(35-25(17-36-10-4-5-11-36)19(2)20-9-13-39-18-20)34-24-7-6-22(23-15-33-30(38)29(23)24)26-16-32-28-14-21(31)8-12-37(26)28/h3,6-8,12,14,16,20,34H,2,4-5,9-11,13,15,17-18H2,1H3,(H,33,38)/b27-3-,35-25?/t20-/m0/s1. The number of rotatable bonds is 8. The van der Waals surface area contributed by atoms with Gasteiger partial charge in [-0.3, -0.25) is 14.1 Å². The number of pyridine rings is 1. The van der Waals surface area contributed by atoms with Crippen molar-refractivity contribution in [2.75, 3.05) is 38.2 Å². The molecule has 5 heterocycles. The van der Waals surface area contributed by atoms with Crippen LogP contribution in [-0.2, 0) is 11.3 Å². The van der Waals surface area contributed by atoms with Crippen molar-refractivity contribution in [2.45, 2.75) is 32.7 Å². The lowest BCUT2D eigenvalue weighted by atomic mass is 9.95. The van der Waals surface area contributed by atoms with Gasteiger partial charge < -0.3 is 15.4 Å². The zero-order valence-corrected chi connectivity index (χ0v) is 22.2. The first-order valence-corrected chi connectivity index (χ1v) is 13.6. The van der Waals surface area contributed by atoms with Crippen LogP contribution < -0.4 is 10.6 Å². The van der Waals surface area contributed by atoms with Crippen molar-refractivity contribution in [2.24, 2.45) is 10.9 Å². The number of aliphatic imine (C=N–C) groups is 1. The number of aromatic nitrogens is 2. The van der Waals surface area contributed by atoms with E-state index in [-0.39, 0.29) is 17.6 Å². The van der Waals surface area contributed by atoms with Gasteiger partial charge in [0.05, 0.1) is 35.5 Å². The fourth-order valence-electron chi connectivity index (χ4n) is 5.70. The average Bonchev–Trinajstić information content (AvgIpc) is 3.75. The van der Waals surface area contributed by atoms with Gasteiger partial charge in [0, 0.05) is 43.4 Å². The number of amides is 1. The third-order valence-electron chi connectivity index (χ3n) is 7.87. The van der Waals surface area contributed by atoms with Gasteiger partial charge in [0.15, 0.2) is 0 Å². The Hall–Kier alpha value is -3.82. The quantitative estimate of drug-likeness (QED) is 0.411. The Kier molecular flexibility index (Phi) is 7.01. The summed E-state index contributed by atoms with van der Waals surface area (Å²) in [7, 11) is 0. The minimum Gasteiger partial charge on any atom is -0.381 e. The molecule has 2 aromatic heterocycles. The van der Waals surface area contributed by atoms with E-state index in [1.54, 1.807) is 12.4 Å². The van der Waals surface area contributed by atoms with E-state index in [0.29, 0.717) is 35.9 Å². The van der Waals surface area contributed by atoms with Crippen LogP contribution in [0.25, 0.3) is 16.9 Å². The van der Waals surface area contributed by atoms with Gasteiger partial charge in [-0.2, -0.15) is 0 Å². The number of fused-ring (bicyclic) bond motifs is 2. The van der Waals surface area contributed by atoms with Crippen molar-refractivity contribution in [3.63, 3.8) is 0 Å². The number of imidazole rings is 1. The number of anilines is 1. The topological polar surface area (TPSA) is 83.3 Å². The molecule has 2 N–H and O–H groups in total. The van der Waals surface area contributed by atoms with Gasteiger partial charge in [0.1, 0.15) is 17.3 Å². The Morgan fingerprint density at radius 3 is 2.95 bits per heavy atom. The van der Waals surface area contributed by atoms with Crippen LogP contribution in [0.4, 0.5) is 10.1 Å². The highest BCUT2D eigenvalue weighted by Gasteiger charge is 2.28. The predicted molar refractivity (Wildman–Crippen MR) is 150 cm³/mol. The van der Waals surface area contributed by atoms with Crippen LogP contribution in [0.1, 0.15) is 42.1 Å². The summed E-state index contributed by atoms with van der Waals surface area (Å²) in [6.45, 7) is 11.1. The summed E-state index contributed by atoms with van der Waals surface area (Å²) in [5.74, 6) is 0.466. The number of hydrogen-bond donors (Lipinski definition) is 2. The molecule has 1 atom stereocenters. The molecule has 3 aliphatic rings. The SMILES string of the molecule is C=C(C(CN1CCCC1)=N/C(=C\C)Nc1ccc(-c2cnc3cc(F)ccn23)c2c1C(=O)NC2)[C@H]1CCOC1. The number of carbonyl (C=O) groups is 1. The van der Waals surface area contributed by atoms with Gasteiger partial charge >= 0.3 is 0 Å². The summed E-state index contributed by atoms with van der Waals surface area (Å²) in [5.41, 5.74) is 6.34. The van der Waals surface area contributed by atoms with Crippen molar-refractivity contribution in [1.29, 1.82) is 0 Å². The van der Waals surface area contributed by atoms with E-state index in [1.165, 1.54) is 25.0 Å². The molecule has 8 nitrogen and oxygen atoms in total. The van der Waals surface area contributed by atoms with Crippen LogP contribution in [0.15, 0.2) is 65.7 Å². The Bertz CT molecular complexity index is 1490. The first-order chi connectivity index (χ1) is 19.0. The summed E-state index contributed by atoms with van der Waals surface area (Å²) >= 11 is 0. The van der Waals surface area contributed by atoms with Crippen LogP contribution in [-0.4, -0.2) is 58.8 Å². The minimum absolute atomic E-state index is 0.140. The highest BCUT2D eigenvalue weighted by Crippen LogP contribution is 2.35. The molecule has 202 valence electrons. The number of ether oxygens (including phenoxy) is 1. The van der Waals surface area contributed by atoms with Gasteiger partial charge in [-0.25, -0.2) is 14.4 Å². The first-order valence-electron chi connectivity index (χ1n) is 13.6. The number of nitrogens with one attached hydrogen (secondary N) is 2. The molecule has 2 saturated heterocycles. The van der Waals surface area contributed by atoms with Crippen molar-refractivity contribution in [1.82, 2.24) is 19.6 Å². The highest BCUT2D eigenvalue weighted by molar-refractivity contribution is 6.06. The summed E-state index contributed by atoms with van der Waals surface area (Å²) in [6.07, 6.45) is 8.67. The second-order valence-electron chi connectivity index (χ2n) is 10.3. The molecule has 0 aliphatic carbocycles. The number of hydrogen-bond acceptors (Lipinski definition) is 6. The second-order valence-corrected chi connectivity index (χ2v) is 10.3. The molecule has 39 heavy (non-hydrogen) atoms. The Balaban J connectivity index is 1.33. The lowest BCUT2D eigenvalue weighted by Crippen LogP contribution is -2.30. The van der Waals surface area contributed by atoms with Gasteiger partial charge in [-0.15, -0.1) is 0 Å². The second kappa shape index (κ2) is 10.7. The molecule has 1 aromatic carbocycles. The van der Waals surface area contributed by atoms with E-state index < -0.39 is 0 Å². The first kappa shape index (κ1) is 25.5. The van der Waals surface area contributed by atoms with Gasteiger partial charge in [-0.05, 0) is 68.6 Å². The Morgan fingerprint density at radius 2 is 2.18 bits per heavy atom. The van der Waals surface area contributed by atoms with Crippen LogP contribution in [0.5, 0.6) is 0 Å². The van der Waals surface area contributed by atoms with Crippen LogP contribution >= 0.6 is 0 Å². The summed E-state index contributed by atoms with van der Waals surface area (Å²) < 4.78 is 21.2. The van der Waals surface area contributed by atoms with Crippen LogP contribution in [0.2, 0.25) is 0 Å². The van der Waals surface area contributed by atoms with Gasteiger partial charge in [0.2, 0.25) is 0 Å². The molecule has 6 rings (SSSR count). The maximum atomic E-state index is 13.7. The average molecular weight is 529 g/mol. The monoisotopic (exact) mass is 528 g/mol. The zero-order chi connectivity index (χ0) is 26.9. The van der Waals surface area contributed by atoms with Gasteiger partial charge in [0.25, 0.3) is 5.91 Å². The van der Waals surface area contributed by atoms with E-state index in [1.807, 2.05) is 29.5 Å². The Labute approximate surface area is 227 Å². The molecule has 0 saturated carbocycles. The van der Waals surface area contributed by atoms with Crippen molar-refractivity contribution in [3.8, 4) is 11.3 Å². The number of allylic oxidation sites excluding steroid dienone is 1. The molecule has 0 bridgehead atoms. The normalized spacial score (nSPS) is 20.1. The number of benzene rings is 1. The van der Waals surface area contributed by atoms with E-state index in [9.17, 15) is 9.18 Å².